The zero-order chi connectivity index (χ0) is 27.4. The maximum absolute atomic E-state index is 13.7. The molecule has 0 fully saturated rings. The number of nitrogens with zero attached hydrogens (tertiary/aromatic N) is 3. The third-order valence-electron chi connectivity index (χ3n) is 7.76. The summed E-state index contributed by atoms with van der Waals surface area (Å²) in [7, 11) is 1.63. The average molecular weight is 524 g/mol. The molecule has 5 rings (SSSR count). The van der Waals surface area contributed by atoms with Crippen molar-refractivity contribution in [2.45, 2.75) is 44.6 Å². The molecule has 2 aliphatic rings. The van der Waals surface area contributed by atoms with Crippen LogP contribution in [0, 0.1) is 11.3 Å². The lowest BCUT2D eigenvalue weighted by Gasteiger charge is -2.31. The van der Waals surface area contributed by atoms with E-state index in [1.54, 1.807) is 38.3 Å². The molecule has 0 saturated carbocycles. The maximum Gasteiger partial charge on any atom is 0.255 e. The Hall–Kier alpha value is -4.31. The number of benzene rings is 3. The number of nitriles is 1. The highest BCUT2D eigenvalue weighted by molar-refractivity contribution is 5.97. The Kier molecular flexibility index (Phi) is 7.83. The van der Waals surface area contributed by atoms with E-state index in [4.69, 9.17) is 9.47 Å². The van der Waals surface area contributed by atoms with Crippen LogP contribution in [0.15, 0.2) is 66.7 Å². The fraction of sp³-hybridized carbons (Fsp3) is 0.344. The molecule has 0 unspecified atom stereocenters. The van der Waals surface area contributed by atoms with Gasteiger partial charge < -0.3 is 19.3 Å². The van der Waals surface area contributed by atoms with Gasteiger partial charge in [0.25, 0.3) is 5.91 Å². The summed E-state index contributed by atoms with van der Waals surface area (Å²) in [6.07, 6.45) is 2.87. The van der Waals surface area contributed by atoms with E-state index in [2.05, 4.69) is 12.1 Å². The Morgan fingerprint density at radius 2 is 1.82 bits per heavy atom. The average Bonchev–Trinajstić information content (AvgIpc) is 3.26. The minimum Gasteiger partial charge on any atom is -0.493 e. The highest BCUT2D eigenvalue weighted by atomic mass is 16.5. The monoisotopic (exact) mass is 523 g/mol. The fourth-order valence-electron chi connectivity index (χ4n) is 5.91. The van der Waals surface area contributed by atoms with Crippen LogP contribution in [0.2, 0.25) is 0 Å². The molecule has 0 spiro atoms. The van der Waals surface area contributed by atoms with Crippen molar-refractivity contribution in [3.63, 3.8) is 0 Å². The summed E-state index contributed by atoms with van der Waals surface area (Å²) >= 11 is 0. The number of rotatable bonds is 2. The first kappa shape index (κ1) is 26.3. The van der Waals surface area contributed by atoms with Crippen molar-refractivity contribution in [2.24, 2.45) is 0 Å². The maximum atomic E-state index is 13.7. The second kappa shape index (κ2) is 11.6. The van der Waals surface area contributed by atoms with E-state index in [1.807, 2.05) is 46.2 Å². The van der Waals surface area contributed by atoms with Gasteiger partial charge >= 0.3 is 0 Å². The van der Waals surface area contributed by atoms with Crippen LogP contribution < -0.4 is 14.4 Å². The Labute approximate surface area is 229 Å². The fourth-order valence-corrected chi connectivity index (χ4v) is 5.91. The molecule has 0 aromatic heterocycles. The molecule has 2 amide bonds. The molecule has 3 aromatic carbocycles. The van der Waals surface area contributed by atoms with E-state index < -0.39 is 0 Å². The Morgan fingerprint density at radius 1 is 1.03 bits per heavy atom. The molecule has 0 saturated heterocycles. The predicted octanol–water partition coefficient (Wildman–Crippen LogP) is 5.33. The highest BCUT2D eigenvalue weighted by Gasteiger charge is 2.40. The lowest BCUT2D eigenvalue weighted by molar-refractivity contribution is -0.117. The minimum atomic E-state index is -0.140. The summed E-state index contributed by atoms with van der Waals surface area (Å²) in [5, 5.41) is 9.61. The third-order valence-corrected chi connectivity index (χ3v) is 7.76. The van der Waals surface area contributed by atoms with Crippen LogP contribution in [0.25, 0.3) is 0 Å². The van der Waals surface area contributed by atoms with Crippen LogP contribution in [0.4, 0.5) is 5.69 Å². The zero-order valence-corrected chi connectivity index (χ0v) is 22.4. The number of methoxy groups -OCH3 is 1. The van der Waals surface area contributed by atoms with Gasteiger partial charge in [-0.2, -0.15) is 5.26 Å². The zero-order valence-electron chi connectivity index (χ0n) is 22.4. The van der Waals surface area contributed by atoms with Crippen molar-refractivity contribution >= 4 is 17.5 Å². The van der Waals surface area contributed by atoms with Gasteiger partial charge in [0.1, 0.15) is 0 Å². The molecule has 7 nitrogen and oxygen atoms in total. The van der Waals surface area contributed by atoms with Gasteiger partial charge in [-0.1, -0.05) is 36.4 Å². The number of para-hydroxylation sites is 1. The Balaban J connectivity index is 1.53. The topological polar surface area (TPSA) is 82.9 Å². The molecule has 0 aliphatic carbocycles. The molecule has 3 aromatic rings. The van der Waals surface area contributed by atoms with E-state index in [-0.39, 0.29) is 23.8 Å². The van der Waals surface area contributed by atoms with Gasteiger partial charge in [-0.25, -0.2) is 0 Å². The number of hydrogen-bond donors (Lipinski definition) is 0. The standard InChI is InChI=1S/C32H33N3O4/c1-22(36)35-28-12-6-5-11-26(28)27-15-17-34(32(37)25-10-4-3-9-24(25)21-33)16-7-8-18-39-31-20-23(19-29(27)35)13-14-30(31)38-2/h3-6,9-14,20,27,29H,7-8,15-19H2,1-2H3/t27-,29-/m1/s1. The van der Waals surface area contributed by atoms with Gasteiger partial charge in [0.2, 0.25) is 5.91 Å². The second-order valence-corrected chi connectivity index (χ2v) is 10.1. The molecular formula is C32H33N3O4. The molecule has 0 radical (unpaired) electrons. The number of carbonyl (C=O) groups excluding carboxylic acids is 2. The van der Waals surface area contributed by atoms with Crippen molar-refractivity contribution in [3.05, 3.63) is 89.0 Å². The SMILES string of the molecule is COc1ccc2cc1OCCCCN(C(=O)c1ccccc1C#N)CC[C@@H]1c3ccccc3N(C(C)=O)[C@@H]1C2. The second-order valence-electron chi connectivity index (χ2n) is 10.1. The van der Waals surface area contributed by atoms with Crippen molar-refractivity contribution in [1.29, 1.82) is 5.26 Å². The van der Waals surface area contributed by atoms with Crippen LogP contribution >= 0.6 is 0 Å². The van der Waals surface area contributed by atoms with Gasteiger partial charge in [-0.05, 0) is 67.1 Å². The van der Waals surface area contributed by atoms with Crippen LogP contribution in [0.1, 0.15) is 59.2 Å². The van der Waals surface area contributed by atoms with Crippen LogP contribution in [0.5, 0.6) is 11.5 Å². The molecule has 200 valence electrons. The van der Waals surface area contributed by atoms with E-state index in [9.17, 15) is 14.9 Å². The number of ether oxygens (including phenoxy) is 2. The smallest absolute Gasteiger partial charge is 0.255 e. The summed E-state index contributed by atoms with van der Waals surface area (Å²) in [6, 6.07) is 23.1. The third kappa shape index (κ3) is 5.33. The first-order valence-corrected chi connectivity index (χ1v) is 13.5. The lowest BCUT2D eigenvalue weighted by Crippen LogP contribution is -2.41. The van der Waals surface area contributed by atoms with Gasteiger partial charge in [0.05, 0.1) is 30.9 Å². The molecule has 0 N–H and O–H groups in total. The number of anilines is 1. The van der Waals surface area contributed by atoms with E-state index >= 15 is 0 Å². The largest absolute Gasteiger partial charge is 0.493 e. The first-order valence-electron chi connectivity index (χ1n) is 13.5. The Morgan fingerprint density at radius 3 is 2.62 bits per heavy atom. The molecule has 2 heterocycles. The van der Waals surface area contributed by atoms with Crippen molar-refractivity contribution in [1.82, 2.24) is 4.90 Å². The normalized spacial score (nSPS) is 19.1. The van der Waals surface area contributed by atoms with Gasteiger partial charge in [0.15, 0.2) is 11.5 Å². The van der Waals surface area contributed by atoms with Crippen LogP contribution in [-0.4, -0.2) is 49.6 Å². The minimum absolute atomic E-state index is 0.00284. The van der Waals surface area contributed by atoms with Crippen LogP contribution in [-0.2, 0) is 11.2 Å². The molecule has 7 heteroatoms. The Bertz CT molecular complexity index is 1410. The number of fused-ring (bicyclic) bond motifs is 5. The summed E-state index contributed by atoms with van der Waals surface area (Å²) in [5.74, 6) is 1.26. The van der Waals surface area contributed by atoms with Gasteiger partial charge in [0, 0.05) is 37.7 Å². The van der Waals surface area contributed by atoms with Crippen molar-refractivity contribution < 1.29 is 19.1 Å². The summed E-state index contributed by atoms with van der Waals surface area (Å²) in [5.41, 5.74) is 3.92. The highest BCUT2D eigenvalue weighted by Crippen LogP contribution is 2.44. The molecule has 2 aliphatic heterocycles. The number of hydrogen-bond acceptors (Lipinski definition) is 5. The van der Waals surface area contributed by atoms with Gasteiger partial charge in [-0.15, -0.1) is 0 Å². The molecule has 2 bridgehead atoms. The van der Waals surface area contributed by atoms with Gasteiger partial charge in [-0.3, -0.25) is 9.59 Å². The quantitative estimate of drug-likeness (QED) is 0.453. The number of amides is 2. The van der Waals surface area contributed by atoms with E-state index in [0.717, 1.165) is 29.7 Å². The van der Waals surface area contributed by atoms with E-state index in [0.29, 0.717) is 55.2 Å². The first-order chi connectivity index (χ1) is 19.0. The predicted molar refractivity (Wildman–Crippen MR) is 149 cm³/mol. The number of carbonyl (C=O) groups is 2. The summed E-state index contributed by atoms with van der Waals surface area (Å²) < 4.78 is 11.7. The summed E-state index contributed by atoms with van der Waals surface area (Å²) in [4.78, 5) is 30.5. The summed E-state index contributed by atoms with van der Waals surface area (Å²) in [6.45, 7) is 3.18. The van der Waals surface area contributed by atoms with Crippen LogP contribution in [0.3, 0.4) is 0 Å². The molecule has 2 atom stereocenters. The van der Waals surface area contributed by atoms with Crippen molar-refractivity contribution in [2.75, 3.05) is 31.7 Å². The molecule has 39 heavy (non-hydrogen) atoms. The van der Waals surface area contributed by atoms with E-state index in [1.165, 1.54) is 0 Å². The lowest BCUT2D eigenvalue weighted by atomic mass is 9.87. The molecular weight excluding hydrogens is 490 g/mol. The van der Waals surface area contributed by atoms with Crippen molar-refractivity contribution in [3.8, 4) is 17.6 Å².